The fourth-order valence-electron chi connectivity index (χ4n) is 3.04. The number of hydrogen-bond acceptors (Lipinski definition) is 3. The molecule has 0 fully saturated rings. The van der Waals surface area contributed by atoms with Crippen LogP contribution in [0.3, 0.4) is 0 Å². The quantitative estimate of drug-likeness (QED) is 0.813. The molecule has 0 atom stereocenters. The van der Waals surface area contributed by atoms with E-state index in [2.05, 4.69) is 6.92 Å². The van der Waals surface area contributed by atoms with Crippen molar-refractivity contribution in [2.75, 3.05) is 25.5 Å². The SMILES string of the molecule is CCCCN1C(=O)c2cccc3c(N(C)C)ccc(c23)C1=O. The van der Waals surface area contributed by atoms with Crippen molar-refractivity contribution in [2.24, 2.45) is 0 Å². The third kappa shape index (κ3) is 2.06. The lowest BCUT2D eigenvalue weighted by Crippen LogP contribution is -2.40. The maximum atomic E-state index is 12.7. The second-order valence-corrected chi connectivity index (χ2v) is 5.87. The maximum Gasteiger partial charge on any atom is 0.261 e. The van der Waals surface area contributed by atoms with E-state index in [1.54, 1.807) is 0 Å². The molecular formula is C18H20N2O2. The molecule has 2 aromatic rings. The molecule has 0 spiro atoms. The topological polar surface area (TPSA) is 40.6 Å². The highest BCUT2D eigenvalue weighted by molar-refractivity contribution is 6.26. The molecule has 22 heavy (non-hydrogen) atoms. The van der Waals surface area contributed by atoms with Crippen molar-refractivity contribution in [3.8, 4) is 0 Å². The van der Waals surface area contributed by atoms with Gasteiger partial charge in [-0.05, 0) is 24.6 Å². The van der Waals surface area contributed by atoms with Crippen molar-refractivity contribution in [1.82, 2.24) is 4.90 Å². The number of hydrogen-bond donors (Lipinski definition) is 0. The second-order valence-electron chi connectivity index (χ2n) is 5.87. The Morgan fingerprint density at radius 1 is 1.00 bits per heavy atom. The smallest absolute Gasteiger partial charge is 0.261 e. The largest absolute Gasteiger partial charge is 0.377 e. The minimum absolute atomic E-state index is 0.174. The Labute approximate surface area is 130 Å². The summed E-state index contributed by atoms with van der Waals surface area (Å²) in [5.74, 6) is -0.347. The third-order valence-electron chi connectivity index (χ3n) is 4.19. The van der Waals surface area contributed by atoms with E-state index in [9.17, 15) is 9.59 Å². The van der Waals surface area contributed by atoms with Gasteiger partial charge in [0.25, 0.3) is 11.8 Å². The summed E-state index contributed by atoms with van der Waals surface area (Å²) in [4.78, 5) is 28.8. The van der Waals surface area contributed by atoms with Gasteiger partial charge in [0, 0.05) is 48.2 Å². The molecule has 1 heterocycles. The van der Waals surface area contributed by atoms with Crippen LogP contribution in [0, 0.1) is 0 Å². The van der Waals surface area contributed by atoms with Crippen LogP contribution < -0.4 is 4.90 Å². The van der Waals surface area contributed by atoms with Crippen LogP contribution >= 0.6 is 0 Å². The molecule has 1 aliphatic heterocycles. The van der Waals surface area contributed by atoms with Gasteiger partial charge in [-0.15, -0.1) is 0 Å². The Kier molecular flexibility index (Phi) is 3.61. The Bertz CT molecular complexity index is 743. The first-order valence-electron chi connectivity index (χ1n) is 7.65. The van der Waals surface area contributed by atoms with Crippen LogP contribution in [-0.4, -0.2) is 37.4 Å². The second kappa shape index (κ2) is 5.44. The van der Waals surface area contributed by atoms with Crippen molar-refractivity contribution in [3.63, 3.8) is 0 Å². The first-order valence-corrected chi connectivity index (χ1v) is 7.65. The Hall–Kier alpha value is -2.36. The van der Waals surface area contributed by atoms with E-state index in [4.69, 9.17) is 0 Å². The van der Waals surface area contributed by atoms with Crippen molar-refractivity contribution < 1.29 is 9.59 Å². The first-order chi connectivity index (χ1) is 10.6. The number of carbonyl (C=O) groups is 2. The molecule has 0 N–H and O–H groups in total. The lowest BCUT2D eigenvalue weighted by atomic mass is 9.92. The minimum atomic E-state index is -0.174. The molecule has 0 unspecified atom stereocenters. The number of anilines is 1. The maximum absolute atomic E-state index is 12.7. The van der Waals surface area contributed by atoms with Crippen LogP contribution in [0.15, 0.2) is 30.3 Å². The summed E-state index contributed by atoms with van der Waals surface area (Å²) in [5.41, 5.74) is 2.28. The van der Waals surface area contributed by atoms with Crippen molar-refractivity contribution in [2.45, 2.75) is 19.8 Å². The molecule has 1 aliphatic rings. The van der Waals surface area contributed by atoms with Gasteiger partial charge in [-0.25, -0.2) is 0 Å². The molecular weight excluding hydrogens is 276 g/mol. The van der Waals surface area contributed by atoms with Crippen LogP contribution in [0.4, 0.5) is 5.69 Å². The lowest BCUT2D eigenvalue weighted by Gasteiger charge is -2.28. The fraction of sp³-hybridized carbons (Fsp3) is 0.333. The van der Waals surface area contributed by atoms with Gasteiger partial charge in [-0.3, -0.25) is 14.5 Å². The summed E-state index contributed by atoms with van der Waals surface area (Å²) in [6, 6.07) is 9.47. The molecule has 4 nitrogen and oxygen atoms in total. The number of carbonyl (C=O) groups excluding carboxylic acids is 2. The molecule has 2 aromatic carbocycles. The van der Waals surface area contributed by atoms with E-state index in [0.29, 0.717) is 17.7 Å². The molecule has 0 aromatic heterocycles. The molecule has 2 amide bonds. The molecule has 4 heteroatoms. The normalized spacial score (nSPS) is 13.9. The summed E-state index contributed by atoms with van der Waals surface area (Å²) in [6.07, 6.45) is 1.78. The van der Waals surface area contributed by atoms with Crippen molar-refractivity contribution >= 4 is 28.3 Å². The van der Waals surface area contributed by atoms with Gasteiger partial charge in [0.1, 0.15) is 0 Å². The highest BCUT2D eigenvalue weighted by Gasteiger charge is 2.32. The molecule has 0 radical (unpaired) electrons. The van der Waals surface area contributed by atoms with Gasteiger partial charge in [0.05, 0.1) is 0 Å². The van der Waals surface area contributed by atoms with Gasteiger partial charge in [-0.2, -0.15) is 0 Å². The standard InChI is InChI=1S/C18H20N2O2/c1-4-5-11-20-17(21)13-8-6-7-12-15(19(2)3)10-9-14(16(12)13)18(20)22/h6-10H,4-5,11H2,1-3H3. The number of unbranched alkanes of at least 4 members (excludes halogenated alkanes) is 1. The van der Waals surface area contributed by atoms with E-state index in [0.717, 1.165) is 29.3 Å². The first kappa shape index (κ1) is 14.6. The van der Waals surface area contributed by atoms with Crippen LogP contribution in [0.1, 0.15) is 40.5 Å². The van der Waals surface area contributed by atoms with Crippen LogP contribution in [0.5, 0.6) is 0 Å². The van der Waals surface area contributed by atoms with Gasteiger partial charge in [0.2, 0.25) is 0 Å². The van der Waals surface area contributed by atoms with Gasteiger partial charge in [-0.1, -0.05) is 25.5 Å². The summed E-state index contributed by atoms with van der Waals surface area (Å²) >= 11 is 0. The van der Waals surface area contributed by atoms with E-state index in [1.165, 1.54) is 4.90 Å². The highest BCUT2D eigenvalue weighted by atomic mass is 16.2. The van der Waals surface area contributed by atoms with E-state index >= 15 is 0 Å². The summed E-state index contributed by atoms with van der Waals surface area (Å²) in [6.45, 7) is 2.54. The van der Waals surface area contributed by atoms with Crippen LogP contribution in [0.25, 0.3) is 10.8 Å². The summed E-state index contributed by atoms with van der Waals surface area (Å²) < 4.78 is 0. The molecule has 0 bridgehead atoms. The zero-order valence-electron chi connectivity index (χ0n) is 13.2. The van der Waals surface area contributed by atoms with Crippen molar-refractivity contribution in [3.05, 3.63) is 41.5 Å². The predicted octanol–water partition coefficient (Wildman–Crippen LogP) is 3.30. The highest BCUT2D eigenvalue weighted by Crippen LogP contribution is 2.35. The molecule has 114 valence electrons. The van der Waals surface area contributed by atoms with E-state index in [1.807, 2.05) is 49.3 Å². The zero-order valence-corrected chi connectivity index (χ0v) is 13.2. The summed E-state index contributed by atoms with van der Waals surface area (Å²) in [7, 11) is 3.92. The Morgan fingerprint density at radius 3 is 2.32 bits per heavy atom. The monoisotopic (exact) mass is 296 g/mol. The number of benzene rings is 2. The predicted molar refractivity (Wildman–Crippen MR) is 88.6 cm³/mol. The minimum Gasteiger partial charge on any atom is -0.377 e. The Balaban J connectivity index is 2.23. The van der Waals surface area contributed by atoms with Crippen molar-refractivity contribution in [1.29, 1.82) is 0 Å². The van der Waals surface area contributed by atoms with E-state index in [-0.39, 0.29) is 11.8 Å². The summed E-state index contributed by atoms with van der Waals surface area (Å²) in [5, 5.41) is 1.74. The van der Waals surface area contributed by atoms with Crippen LogP contribution in [0.2, 0.25) is 0 Å². The number of imide groups is 1. The average Bonchev–Trinajstić information content (AvgIpc) is 2.51. The van der Waals surface area contributed by atoms with E-state index < -0.39 is 0 Å². The number of amides is 2. The zero-order chi connectivity index (χ0) is 15.9. The third-order valence-corrected chi connectivity index (χ3v) is 4.19. The lowest BCUT2D eigenvalue weighted by molar-refractivity contribution is 0.0608. The number of nitrogens with zero attached hydrogens (tertiary/aromatic N) is 2. The van der Waals surface area contributed by atoms with Crippen LogP contribution in [-0.2, 0) is 0 Å². The molecule has 0 saturated carbocycles. The fourth-order valence-corrected chi connectivity index (χ4v) is 3.04. The molecule has 0 aliphatic carbocycles. The van der Waals surface area contributed by atoms with Gasteiger partial charge >= 0.3 is 0 Å². The molecule has 0 saturated heterocycles. The number of rotatable bonds is 4. The van der Waals surface area contributed by atoms with Gasteiger partial charge < -0.3 is 4.90 Å². The molecule has 3 rings (SSSR count). The Morgan fingerprint density at radius 2 is 1.68 bits per heavy atom. The average molecular weight is 296 g/mol. The van der Waals surface area contributed by atoms with Gasteiger partial charge in [0.15, 0.2) is 0 Å².